The Balaban J connectivity index is 1.73. The first-order chi connectivity index (χ1) is 17.7. The first kappa shape index (κ1) is 26.5. The van der Waals surface area contributed by atoms with Crippen molar-refractivity contribution in [1.29, 1.82) is 0 Å². The van der Waals surface area contributed by atoms with E-state index in [0.29, 0.717) is 49.3 Å². The second kappa shape index (κ2) is 10.8. The lowest BCUT2D eigenvalue weighted by atomic mass is 9.84. The van der Waals surface area contributed by atoms with E-state index in [2.05, 4.69) is 35.9 Å². The molecule has 11 heteroatoms. The number of ketones is 1. The van der Waals surface area contributed by atoms with Crippen molar-refractivity contribution in [3.8, 4) is 17.4 Å². The molecule has 1 fully saturated rings. The number of morpholine rings is 1. The van der Waals surface area contributed by atoms with E-state index < -0.39 is 0 Å². The molecule has 2 N–H and O–H groups in total. The van der Waals surface area contributed by atoms with Crippen LogP contribution in [-0.2, 0) is 16.7 Å². The summed E-state index contributed by atoms with van der Waals surface area (Å²) in [4.78, 5) is 15.8. The van der Waals surface area contributed by atoms with Crippen LogP contribution in [0, 0.1) is 0 Å². The third-order valence-electron chi connectivity index (χ3n) is 6.21. The quantitative estimate of drug-likeness (QED) is 0.340. The Hall–Kier alpha value is -3.60. The molecule has 1 aliphatic rings. The number of nitrogen functional groups attached to an aromatic ring is 1. The predicted octanol–water partition coefficient (Wildman–Crippen LogP) is 2.42. The Labute approximate surface area is 217 Å². The minimum absolute atomic E-state index is 0.0540. The van der Waals surface area contributed by atoms with Gasteiger partial charge < -0.3 is 23.8 Å². The maximum Gasteiger partial charge on any atom is 0.401 e. The normalized spacial score (nSPS) is 14.2. The van der Waals surface area contributed by atoms with Crippen molar-refractivity contribution in [1.82, 2.24) is 14.7 Å². The number of ether oxygens (including phenoxy) is 4. The summed E-state index contributed by atoms with van der Waals surface area (Å²) < 4.78 is 25.6. The van der Waals surface area contributed by atoms with Crippen molar-refractivity contribution in [3.05, 3.63) is 29.3 Å². The van der Waals surface area contributed by atoms with Gasteiger partial charge in [-0.15, -0.1) is 4.68 Å². The molecule has 0 atom stereocenters. The number of carbonyl (C=O) groups is 1. The van der Waals surface area contributed by atoms with Gasteiger partial charge in [-0.3, -0.25) is 10.5 Å². The molecule has 1 aliphatic heterocycles. The van der Waals surface area contributed by atoms with Crippen molar-refractivity contribution >= 4 is 23.1 Å². The fourth-order valence-electron chi connectivity index (χ4n) is 4.38. The summed E-state index contributed by atoms with van der Waals surface area (Å²) in [6.45, 7) is 13.6. The minimum Gasteiger partial charge on any atom is -0.494 e. The van der Waals surface area contributed by atoms with Gasteiger partial charge in [0.2, 0.25) is 0 Å². The van der Waals surface area contributed by atoms with Gasteiger partial charge in [0.25, 0.3) is 11.5 Å². The Morgan fingerprint density at radius 2 is 1.84 bits per heavy atom. The van der Waals surface area contributed by atoms with Gasteiger partial charge in [-0.25, -0.2) is 0 Å². The highest BCUT2D eigenvalue weighted by Crippen LogP contribution is 2.40. The van der Waals surface area contributed by atoms with Crippen molar-refractivity contribution < 1.29 is 28.4 Å². The molecule has 1 saturated heterocycles. The smallest absolute Gasteiger partial charge is 0.401 e. The number of methoxy groups -OCH3 is 1. The zero-order valence-corrected chi connectivity index (χ0v) is 22.5. The van der Waals surface area contributed by atoms with Gasteiger partial charge >= 0.3 is 5.95 Å². The van der Waals surface area contributed by atoms with Crippen LogP contribution in [0.5, 0.6) is 17.4 Å². The van der Waals surface area contributed by atoms with E-state index in [0.717, 1.165) is 30.1 Å². The monoisotopic (exact) mass is 513 g/mol. The fraction of sp³-hybridized carbons (Fsp3) is 0.538. The van der Waals surface area contributed by atoms with Gasteiger partial charge in [-0.2, -0.15) is 0 Å². The maximum absolute atomic E-state index is 13.6. The Morgan fingerprint density at radius 3 is 2.46 bits per heavy atom. The summed E-state index contributed by atoms with van der Waals surface area (Å²) in [5.41, 5.74) is 8.98. The van der Waals surface area contributed by atoms with Gasteiger partial charge in [-0.1, -0.05) is 35.5 Å². The molecule has 0 radical (unpaired) electrons. The molecule has 2 aromatic heterocycles. The number of hydrogen-bond acceptors (Lipinski definition) is 9. The molecule has 0 unspecified atom stereocenters. The molecule has 200 valence electrons. The average molecular weight is 514 g/mol. The second-order valence-electron chi connectivity index (χ2n) is 9.81. The summed E-state index contributed by atoms with van der Waals surface area (Å²) in [5.74, 6) is 1.66. The fourth-order valence-corrected chi connectivity index (χ4v) is 4.38. The summed E-state index contributed by atoms with van der Waals surface area (Å²) in [7, 11) is 1.67. The zero-order chi connectivity index (χ0) is 26.7. The van der Waals surface area contributed by atoms with Crippen molar-refractivity contribution in [3.63, 3.8) is 0 Å². The zero-order valence-electron chi connectivity index (χ0n) is 22.5. The van der Waals surface area contributed by atoms with Crippen LogP contribution in [0.2, 0.25) is 0 Å². The van der Waals surface area contributed by atoms with Crippen LogP contribution in [-0.4, -0.2) is 67.1 Å². The summed E-state index contributed by atoms with van der Waals surface area (Å²) >= 11 is 0. The Kier molecular flexibility index (Phi) is 7.72. The van der Waals surface area contributed by atoms with Crippen LogP contribution < -0.4 is 29.5 Å². The van der Waals surface area contributed by atoms with E-state index in [1.165, 1.54) is 9.20 Å². The minimum atomic E-state index is -0.243. The standard InChI is InChI=1S/C26H36N6O5/c1-7-36-21-15-22-28-31(25(27)32(22)29-24(21)37-8-2)16-20(33)17-13-18(26(3,4)5)23(34-6)19(14-17)30-9-11-35-12-10-30/h13-15,27H,7-12,16H2,1-6H3/p+1. The number of anilines is 2. The van der Waals surface area contributed by atoms with E-state index in [1.54, 1.807) is 13.2 Å². The lowest BCUT2D eigenvalue weighted by Crippen LogP contribution is -2.42. The molecule has 3 aromatic rings. The van der Waals surface area contributed by atoms with Crippen LogP contribution in [0.15, 0.2) is 18.2 Å². The molecule has 0 amide bonds. The number of nitrogens with two attached hydrogens (primary N) is 1. The van der Waals surface area contributed by atoms with Crippen LogP contribution in [0.4, 0.5) is 11.6 Å². The largest absolute Gasteiger partial charge is 0.494 e. The van der Waals surface area contributed by atoms with E-state index in [1.807, 2.05) is 26.0 Å². The van der Waals surface area contributed by atoms with E-state index in [-0.39, 0.29) is 23.7 Å². The molecule has 4 rings (SSSR count). The van der Waals surface area contributed by atoms with Crippen LogP contribution >= 0.6 is 0 Å². The Bertz CT molecular complexity index is 1280. The first-order valence-corrected chi connectivity index (χ1v) is 12.6. The molecule has 0 bridgehead atoms. The number of nitrogens with zero attached hydrogens (tertiary/aromatic N) is 5. The topological polar surface area (TPSA) is 117 Å². The van der Waals surface area contributed by atoms with Crippen molar-refractivity contribution in [2.24, 2.45) is 0 Å². The van der Waals surface area contributed by atoms with Gasteiger partial charge in [-0.05, 0) is 31.4 Å². The van der Waals surface area contributed by atoms with Crippen molar-refractivity contribution in [2.75, 3.05) is 57.3 Å². The summed E-state index contributed by atoms with van der Waals surface area (Å²) in [6, 6.07) is 5.52. The average Bonchev–Trinajstić information content (AvgIpc) is 3.17. The molecule has 37 heavy (non-hydrogen) atoms. The van der Waals surface area contributed by atoms with Crippen LogP contribution in [0.25, 0.3) is 5.65 Å². The molecule has 0 aliphatic carbocycles. The molecular formula is C26H37N6O5+. The number of fused-ring (bicyclic) bond motifs is 1. The van der Waals surface area contributed by atoms with Crippen LogP contribution in [0.1, 0.15) is 50.5 Å². The highest BCUT2D eigenvalue weighted by atomic mass is 16.5. The molecule has 1 aromatic carbocycles. The van der Waals surface area contributed by atoms with E-state index in [9.17, 15) is 4.79 Å². The third kappa shape index (κ3) is 5.41. The van der Waals surface area contributed by atoms with Gasteiger partial charge in [0.15, 0.2) is 18.1 Å². The number of aromatic nitrogens is 4. The first-order valence-electron chi connectivity index (χ1n) is 12.6. The molecule has 0 spiro atoms. The number of hydrogen-bond donors (Lipinski definition) is 1. The third-order valence-corrected chi connectivity index (χ3v) is 6.21. The van der Waals surface area contributed by atoms with Gasteiger partial charge in [0, 0.05) is 24.2 Å². The summed E-state index contributed by atoms with van der Waals surface area (Å²) in [5, 5.41) is 8.97. The Morgan fingerprint density at radius 1 is 1.14 bits per heavy atom. The lowest BCUT2D eigenvalue weighted by Gasteiger charge is -2.33. The van der Waals surface area contributed by atoms with Crippen molar-refractivity contribution in [2.45, 2.75) is 46.6 Å². The molecule has 3 heterocycles. The second-order valence-corrected chi connectivity index (χ2v) is 9.81. The number of Topliss-reactive ketones (excluding diaryl/α,β-unsaturated/α-hetero) is 1. The van der Waals surface area contributed by atoms with E-state index in [4.69, 9.17) is 24.7 Å². The number of benzene rings is 1. The van der Waals surface area contributed by atoms with E-state index >= 15 is 0 Å². The molecule has 0 saturated carbocycles. The lowest BCUT2D eigenvalue weighted by molar-refractivity contribution is -0.723. The van der Waals surface area contributed by atoms with Crippen LogP contribution in [0.3, 0.4) is 0 Å². The maximum atomic E-state index is 13.6. The molecular weight excluding hydrogens is 476 g/mol. The highest BCUT2D eigenvalue weighted by molar-refractivity contribution is 5.97. The molecule has 11 nitrogen and oxygen atoms in total. The number of rotatable bonds is 9. The number of carbonyl (C=O) groups excluding carboxylic acids is 1. The predicted molar refractivity (Wildman–Crippen MR) is 139 cm³/mol. The van der Waals surface area contributed by atoms with Gasteiger partial charge in [0.1, 0.15) is 5.75 Å². The SMILES string of the molecule is CCOc1cc2n[n+](CC(=O)c3cc(N4CCOCC4)c(OC)c(C(C)(C)C)c3)c(N)n2nc1OCC. The summed E-state index contributed by atoms with van der Waals surface area (Å²) in [6.07, 6.45) is 0. The highest BCUT2D eigenvalue weighted by Gasteiger charge is 2.29. The van der Waals surface area contributed by atoms with Gasteiger partial charge in [0.05, 0.1) is 45.3 Å².